The highest BCUT2D eigenvalue weighted by Crippen LogP contribution is 2.31. The lowest BCUT2D eigenvalue weighted by Gasteiger charge is -2.19. The molecule has 1 aliphatic carbocycles. The molecule has 0 bridgehead atoms. The Bertz CT molecular complexity index is 386. The fraction of sp³-hybridized carbons (Fsp3) is 0.750. The Kier molecular flexibility index (Phi) is 3.84. The Morgan fingerprint density at radius 1 is 1.25 bits per heavy atom. The molecule has 0 spiro atoms. The topological polar surface area (TPSA) is 69.4 Å². The minimum atomic E-state index is -5.55. The van der Waals surface area contributed by atoms with Crippen molar-refractivity contribution in [2.24, 2.45) is 5.73 Å². The fourth-order valence-corrected chi connectivity index (χ4v) is 2.00. The molecule has 16 heavy (non-hydrogen) atoms. The molecule has 1 aliphatic rings. The van der Waals surface area contributed by atoms with Crippen molar-refractivity contribution in [1.82, 2.24) is 0 Å². The largest absolute Gasteiger partial charge is 0.534 e. The third-order valence-corrected chi connectivity index (χ3v) is 3.25. The third kappa shape index (κ3) is 2.88. The lowest BCUT2D eigenvalue weighted by atomic mass is 9.98. The summed E-state index contributed by atoms with van der Waals surface area (Å²) in [6.07, 6.45) is 2.05. The van der Waals surface area contributed by atoms with E-state index in [0.29, 0.717) is 18.4 Å². The van der Waals surface area contributed by atoms with Crippen LogP contribution in [0.1, 0.15) is 25.7 Å². The normalized spacial score (nSPS) is 18.8. The highest BCUT2D eigenvalue weighted by atomic mass is 32.2. The highest BCUT2D eigenvalue weighted by molar-refractivity contribution is 7.87. The van der Waals surface area contributed by atoms with Gasteiger partial charge in [-0.15, -0.1) is 0 Å². The quantitative estimate of drug-likeness (QED) is 0.618. The van der Waals surface area contributed by atoms with Crippen LogP contribution < -0.4 is 5.73 Å². The Labute approximate surface area is 91.4 Å². The molecule has 0 saturated carbocycles. The Morgan fingerprint density at radius 3 is 2.31 bits per heavy atom. The second-order valence-corrected chi connectivity index (χ2v) is 4.96. The molecule has 94 valence electrons. The molecular weight excluding hydrogens is 247 g/mol. The van der Waals surface area contributed by atoms with Crippen molar-refractivity contribution in [3.8, 4) is 0 Å². The Balaban J connectivity index is 2.92. The van der Waals surface area contributed by atoms with Gasteiger partial charge in [-0.05, 0) is 24.8 Å². The number of alkyl halides is 3. The van der Waals surface area contributed by atoms with Crippen LogP contribution in [0.15, 0.2) is 11.3 Å². The van der Waals surface area contributed by atoms with Gasteiger partial charge in [-0.3, -0.25) is 0 Å². The van der Waals surface area contributed by atoms with E-state index < -0.39 is 15.6 Å². The van der Waals surface area contributed by atoms with Gasteiger partial charge in [0.1, 0.15) is 5.76 Å². The summed E-state index contributed by atoms with van der Waals surface area (Å²) < 4.78 is 61.8. The van der Waals surface area contributed by atoms with Crippen LogP contribution in [0, 0.1) is 0 Å². The summed E-state index contributed by atoms with van der Waals surface area (Å²) in [6.45, 7) is 0.0166. The second-order valence-electron chi connectivity index (χ2n) is 3.42. The molecule has 2 N–H and O–H groups in total. The molecule has 0 unspecified atom stereocenters. The Hall–Kier alpha value is -0.760. The van der Waals surface area contributed by atoms with E-state index in [4.69, 9.17) is 5.73 Å². The molecule has 0 radical (unpaired) electrons. The smallest absolute Gasteiger partial charge is 0.381 e. The Morgan fingerprint density at radius 2 is 1.81 bits per heavy atom. The van der Waals surface area contributed by atoms with Crippen LogP contribution in [0.2, 0.25) is 0 Å². The van der Waals surface area contributed by atoms with Gasteiger partial charge in [0.05, 0.1) is 0 Å². The molecule has 0 aliphatic heterocycles. The van der Waals surface area contributed by atoms with Crippen molar-refractivity contribution < 1.29 is 25.8 Å². The number of rotatable bonds is 3. The van der Waals surface area contributed by atoms with Crippen LogP contribution in [0.5, 0.6) is 0 Å². The van der Waals surface area contributed by atoms with E-state index in [0.717, 1.165) is 6.42 Å². The maximum absolute atomic E-state index is 12.1. The van der Waals surface area contributed by atoms with E-state index >= 15 is 0 Å². The molecule has 0 saturated heterocycles. The van der Waals surface area contributed by atoms with Gasteiger partial charge in [0.2, 0.25) is 0 Å². The van der Waals surface area contributed by atoms with E-state index in [1.807, 2.05) is 0 Å². The van der Waals surface area contributed by atoms with Gasteiger partial charge >= 0.3 is 15.6 Å². The lowest BCUT2D eigenvalue weighted by molar-refractivity contribution is -0.0524. The summed E-state index contributed by atoms with van der Waals surface area (Å²) in [5.41, 5.74) is 0.359. The first kappa shape index (κ1) is 13.3. The van der Waals surface area contributed by atoms with Gasteiger partial charge in [-0.25, -0.2) is 0 Å². The van der Waals surface area contributed by atoms with Crippen LogP contribution >= 0.6 is 0 Å². The first-order valence-electron chi connectivity index (χ1n) is 4.69. The molecule has 1 rings (SSSR count). The highest BCUT2D eigenvalue weighted by Gasteiger charge is 2.49. The van der Waals surface area contributed by atoms with Gasteiger partial charge in [-0.1, -0.05) is 0 Å². The zero-order valence-corrected chi connectivity index (χ0v) is 9.20. The number of allylic oxidation sites excluding steroid dienone is 1. The predicted molar refractivity (Wildman–Crippen MR) is 50.6 cm³/mol. The van der Waals surface area contributed by atoms with E-state index in [1.54, 1.807) is 0 Å². The van der Waals surface area contributed by atoms with Crippen molar-refractivity contribution in [3.63, 3.8) is 0 Å². The maximum Gasteiger partial charge on any atom is 0.534 e. The van der Waals surface area contributed by atoms with Gasteiger partial charge in [0.15, 0.2) is 0 Å². The van der Waals surface area contributed by atoms with E-state index in [9.17, 15) is 21.6 Å². The van der Waals surface area contributed by atoms with Crippen molar-refractivity contribution >= 4 is 10.1 Å². The maximum atomic E-state index is 12.1. The second kappa shape index (κ2) is 4.62. The summed E-state index contributed by atoms with van der Waals surface area (Å²) in [5, 5.41) is 0. The van der Waals surface area contributed by atoms with E-state index in [-0.39, 0.29) is 18.7 Å². The molecule has 4 nitrogen and oxygen atoms in total. The first-order valence-corrected chi connectivity index (χ1v) is 6.10. The molecule has 0 aromatic carbocycles. The molecule has 0 aromatic heterocycles. The van der Waals surface area contributed by atoms with Crippen LogP contribution in [-0.2, 0) is 14.3 Å². The number of nitrogens with two attached hydrogens (primary N) is 1. The predicted octanol–water partition coefficient (Wildman–Crippen LogP) is 1.64. The van der Waals surface area contributed by atoms with Crippen molar-refractivity contribution in [3.05, 3.63) is 11.3 Å². The summed E-state index contributed by atoms with van der Waals surface area (Å²) in [7, 11) is -5.55. The van der Waals surface area contributed by atoms with Crippen LogP contribution in [0.4, 0.5) is 13.2 Å². The van der Waals surface area contributed by atoms with Gasteiger partial charge in [0, 0.05) is 13.0 Å². The van der Waals surface area contributed by atoms with Crippen molar-refractivity contribution in [1.29, 1.82) is 0 Å². The van der Waals surface area contributed by atoms with Gasteiger partial charge in [-0.2, -0.15) is 21.6 Å². The average molecular weight is 259 g/mol. The number of hydrogen-bond donors (Lipinski definition) is 1. The molecule has 0 heterocycles. The van der Waals surface area contributed by atoms with Crippen LogP contribution in [-0.4, -0.2) is 20.5 Å². The number of halogens is 3. The zero-order valence-electron chi connectivity index (χ0n) is 8.38. The standard InChI is InChI=1S/C8H12F3NO3S/c9-8(10,11)16(13,14)15-7-4-2-1-3-6(7)5-12/h1-5,12H2. The van der Waals surface area contributed by atoms with Gasteiger partial charge < -0.3 is 9.92 Å². The molecular formula is C8H12F3NO3S. The SMILES string of the molecule is NCC1=C(OS(=O)(=O)C(F)(F)F)CCCC1. The minimum Gasteiger partial charge on any atom is -0.381 e. The zero-order chi connectivity index (χ0) is 12.4. The van der Waals surface area contributed by atoms with Crippen molar-refractivity contribution in [2.75, 3.05) is 6.54 Å². The van der Waals surface area contributed by atoms with Crippen molar-refractivity contribution in [2.45, 2.75) is 31.2 Å². The molecule has 0 amide bonds. The lowest BCUT2D eigenvalue weighted by Crippen LogP contribution is -2.26. The first-order chi connectivity index (χ1) is 7.28. The fourth-order valence-electron chi connectivity index (χ4n) is 1.44. The number of hydrogen-bond acceptors (Lipinski definition) is 4. The summed E-state index contributed by atoms with van der Waals surface area (Å²) in [5.74, 6) is -0.147. The molecule has 0 aromatic rings. The van der Waals surface area contributed by atoms with Crippen LogP contribution in [0.3, 0.4) is 0 Å². The third-order valence-electron chi connectivity index (χ3n) is 2.27. The molecule has 0 atom stereocenters. The summed E-state index contributed by atoms with van der Waals surface area (Å²) in [4.78, 5) is 0. The summed E-state index contributed by atoms with van der Waals surface area (Å²) >= 11 is 0. The van der Waals surface area contributed by atoms with Crippen LogP contribution in [0.25, 0.3) is 0 Å². The molecule has 8 heteroatoms. The summed E-state index contributed by atoms with van der Waals surface area (Å²) in [6, 6.07) is 0. The average Bonchev–Trinajstić information content (AvgIpc) is 2.16. The van der Waals surface area contributed by atoms with Gasteiger partial charge in [0.25, 0.3) is 0 Å². The monoisotopic (exact) mass is 259 g/mol. The van der Waals surface area contributed by atoms with E-state index in [2.05, 4.69) is 4.18 Å². The minimum absolute atomic E-state index is 0.0166. The van der Waals surface area contributed by atoms with E-state index in [1.165, 1.54) is 0 Å². The molecule has 0 fully saturated rings.